The van der Waals surface area contributed by atoms with Gasteiger partial charge in [0.25, 0.3) is 0 Å². The first-order valence-electron chi connectivity index (χ1n) is 42.8. The van der Waals surface area contributed by atoms with Gasteiger partial charge in [0.2, 0.25) is 0 Å². The summed E-state index contributed by atoms with van der Waals surface area (Å²) < 4.78 is 28.7. The molecule has 0 heterocycles. The van der Waals surface area contributed by atoms with Gasteiger partial charge in [0, 0.05) is 46.5 Å². The predicted octanol–water partition coefficient (Wildman–Crippen LogP) is 22.3. The molecule has 12 nitrogen and oxygen atoms in total. The molecule has 12 N–H and O–H groups in total. The molecule has 0 unspecified atom stereocenters. The van der Waals surface area contributed by atoms with E-state index in [0.29, 0.717) is 22.7 Å². The number of hydrogen-bond acceptors (Lipinski definition) is 12. The third kappa shape index (κ3) is 10.4. The maximum atomic E-state index is 11.4. The topological polar surface area (TPSA) is 222 Å². The first-order chi connectivity index (χ1) is 53.1. The van der Waals surface area contributed by atoms with E-state index < -0.39 is 0 Å². The fraction of sp³-hybridized carbons (Fsp3) is 0.510. The molecule has 0 spiro atoms. The van der Waals surface area contributed by atoms with Gasteiger partial charge in [-0.15, -0.1) is 0 Å². The lowest BCUT2D eigenvalue weighted by Crippen LogP contribution is -2.67. The fourth-order valence-corrected chi connectivity index (χ4v) is 32.0. The van der Waals surface area contributed by atoms with E-state index in [-0.39, 0.29) is 66.3 Å². The van der Waals surface area contributed by atoms with Gasteiger partial charge in [-0.25, -0.2) is 0 Å². The van der Waals surface area contributed by atoms with E-state index in [1.807, 2.05) is 24.3 Å². The van der Waals surface area contributed by atoms with E-state index in [4.69, 9.17) is 41.9 Å². The van der Waals surface area contributed by atoms with E-state index in [1.165, 1.54) is 99.3 Å². The van der Waals surface area contributed by atoms with Crippen LogP contribution in [0.3, 0.4) is 0 Å². The van der Waals surface area contributed by atoms with Gasteiger partial charge in [-0.3, -0.25) is 0 Å². The lowest BCUT2D eigenvalue weighted by molar-refractivity contribution is -0.0692. The highest BCUT2D eigenvalue weighted by atomic mass is 16.5. The van der Waals surface area contributed by atoms with Crippen molar-refractivity contribution in [2.75, 3.05) is 22.9 Å². The van der Waals surface area contributed by atoms with Gasteiger partial charge in [-0.05, 0) is 402 Å². The van der Waals surface area contributed by atoms with E-state index in [0.717, 1.165) is 255 Å². The number of anilines is 4. The molecule has 20 bridgehead atoms. The van der Waals surface area contributed by atoms with Crippen LogP contribution in [0, 0.1) is 71.0 Å². The molecule has 20 fully saturated rings. The summed E-state index contributed by atoms with van der Waals surface area (Å²) in [7, 11) is 0. The number of rotatable bonds is 16. The van der Waals surface area contributed by atoms with Crippen LogP contribution in [0.1, 0.15) is 237 Å². The summed E-state index contributed by atoms with van der Waals surface area (Å²) in [4.78, 5) is 0. The fourth-order valence-electron chi connectivity index (χ4n) is 32.0. The third-order valence-corrected chi connectivity index (χ3v) is 33.8. The zero-order valence-corrected chi connectivity index (χ0v) is 63.7. The van der Waals surface area contributed by atoms with Gasteiger partial charge >= 0.3 is 0 Å². The van der Waals surface area contributed by atoms with Crippen molar-refractivity contribution in [2.45, 2.75) is 236 Å². The molecule has 20 aliphatic rings. The Hall–Kier alpha value is -8.64. The summed E-state index contributed by atoms with van der Waals surface area (Å²) in [5, 5.41) is 45.6. The average molecular weight is 1470 g/mol. The predicted molar refractivity (Wildman–Crippen MR) is 430 cm³/mol. The van der Waals surface area contributed by atoms with E-state index in [9.17, 15) is 20.4 Å². The second-order valence-corrected chi connectivity index (χ2v) is 41.1. The Morgan fingerprint density at radius 2 is 0.373 bits per heavy atom. The van der Waals surface area contributed by atoms with Crippen molar-refractivity contribution < 1.29 is 39.4 Å². The van der Waals surface area contributed by atoms with Crippen LogP contribution in [0.5, 0.6) is 69.0 Å². The molecule has 12 heteroatoms. The summed E-state index contributed by atoms with van der Waals surface area (Å²) in [6.07, 6.45) is 35.2. The minimum absolute atomic E-state index is 0.0107. The van der Waals surface area contributed by atoms with Crippen LogP contribution >= 0.6 is 0 Å². The molecule has 0 aromatic heterocycles. The lowest BCUT2D eigenvalue weighted by atomic mass is 9.32. The quantitative estimate of drug-likeness (QED) is 0.0334. The maximum absolute atomic E-state index is 11.4. The monoisotopic (exact) mass is 1470 g/mol. The van der Waals surface area contributed by atoms with E-state index in [1.54, 1.807) is 24.3 Å². The molecule has 28 rings (SSSR count). The molecule has 20 saturated carbocycles. The standard InChI is InChI=1S/C98H108N4O8/c99-79-29-75(91-37-55-17-56(38-91)19-57(18-55)39-91)87(33-83(79)103)107-71-9-1-67(2-10-71)95-49-96(68-3-11-72(12-4-68)108-88-34-84(104)80(100)30-76(88)92-40-58-20-59(41-92)22-60(21-58)42-92)52-97(50-95,69-5-13-73(14-6-69)109-89-35-85(105)81(101)31-77(89)93-43-61-23-62(44-93)25-63(24-61)45-93)54-98(51-95,53-96)70-7-15-74(16-8-70)110-90-36-86(106)82(102)32-78(90)94-46-64-26-65(47-94)28-66(27-64)48-94/h1-16,29-36,55-66,103-106H,17-28,37-54,99-102H2. The number of hydrogen-bond donors (Lipinski definition) is 8. The first kappa shape index (κ1) is 67.1. The first-order valence-corrected chi connectivity index (χ1v) is 42.8. The number of ether oxygens (including phenoxy) is 4. The number of phenolic OH excluding ortho intramolecular Hbond substituents is 4. The number of nitrogens with two attached hydrogens (primary N) is 4. The van der Waals surface area contributed by atoms with Gasteiger partial charge in [-0.1, -0.05) is 48.5 Å². The highest BCUT2D eigenvalue weighted by molar-refractivity contribution is 5.66. The van der Waals surface area contributed by atoms with Crippen molar-refractivity contribution in [3.05, 3.63) is 190 Å². The molecule has 0 radical (unpaired) electrons. The number of nitrogen functional groups attached to an aromatic ring is 4. The maximum Gasteiger partial charge on any atom is 0.142 e. The Kier molecular flexibility index (Phi) is 14.3. The van der Waals surface area contributed by atoms with Gasteiger partial charge in [-0.2, -0.15) is 0 Å². The van der Waals surface area contributed by atoms with Crippen molar-refractivity contribution in [1.29, 1.82) is 0 Å². The highest BCUT2D eigenvalue weighted by Gasteiger charge is 2.70. The summed E-state index contributed by atoms with van der Waals surface area (Å²) >= 11 is 0. The molecule has 0 amide bonds. The van der Waals surface area contributed by atoms with Crippen LogP contribution in [-0.2, 0) is 43.3 Å². The van der Waals surface area contributed by atoms with Gasteiger partial charge in [0.15, 0.2) is 0 Å². The van der Waals surface area contributed by atoms with Crippen molar-refractivity contribution in [3.63, 3.8) is 0 Å². The Morgan fingerprint density at radius 3 is 0.527 bits per heavy atom. The van der Waals surface area contributed by atoms with E-state index >= 15 is 0 Å². The average Bonchev–Trinajstić information content (AvgIpc) is 0.662. The number of phenols is 4. The van der Waals surface area contributed by atoms with Crippen molar-refractivity contribution in [3.8, 4) is 69.0 Å². The van der Waals surface area contributed by atoms with Crippen molar-refractivity contribution in [2.24, 2.45) is 71.0 Å². The SMILES string of the molecule is Nc1cc(C23CC4CC(CC(C4)C2)C3)c(Oc2ccc(C34CC5(c6ccc(Oc7cc(O)c(N)cc7C78CC9CC(CC(C9)C7)C8)cc6)CC(c6ccc(Oc7cc(O)c(N)cc7C78CC9CC(CC(C9)C7)C8)cc6)(C3)CC(c3ccc(Oc6cc(O)c(N)cc6C67CC8CC(CC(C8)C6)C7)cc3)(C4)C5)cc2)cc1O. The minimum atomic E-state index is -0.340. The summed E-state index contributed by atoms with van der Waals surface area (Å²) in [5.74, 6) is 14.8. The largest absolute Gasteiger partial charge is 0.506 e. The molecule has 110 heavy (non-hydrogen) atoms. The van der Waals surface area contributed by atoms with Crippen LogP contribution in [0.25, 0.3) is 0 Å². The third-order valence-electron chi connectivity index (χ3n) is 33.8. The normalized spacial score (nSPS) is 38.4. The summed E-state index contributed by atoms with van der Waals surface area (Å²) in [5.41, 5.74) is 36.7. The van der Waals surface area contributed by atoms with Crippen LogP contribution in [0.2, 0.25) is 0 Å². The molecule has 0 atom stereocenters. The minimum Gasteiger partial charge on any atom is -0.506 e. The van der Waals surface area contributed by atoms with Crippen molar-refractivity contribution in [1.82, 2.24) is 0 Å². The Bertz CT molecular complexity index is 4270. The Morgan fingerprint density at radius 1 is 0.218 bits per heavy atom. The van der Waals surface area contributed by atoms with Gasteiger partial charge < -0.3 is 62.3 Å². The summed E-state index contributed by atoms with van der Waals surface area (Å²) in [6.45, 7) is 0. The van der Waals surface area contributed by atoms with Crippen molar-refractivity contribution >= 4 is 22.7 Å². The lowest BCUT2D eigenvalue weighted by Gasteiger charge is -2.71. The smallest absolute Gasteiger partial charge is 0.142 e. The zero-order valence-electron chi connectivity index (χ0n) is 63.7. The van der Waals surface area contributed by atoms with Crippen LogP contribution in [-0.4, -0.2) is 20.4 Å². The zero-order chi connectivity index (χ0) is 73.8. The van der Waals surface area contributed by atoms with Crippen LogP contribution in [0.4, 0.5) is 22.7 Å². The molecule has 0 saturated heterocycles. The second-order valence-electron chi connectivity index (χ2n) is 41.1. The molecular formula is C98H108N4O8. The van der Waals surface area contributed by atoms with E-state index in [2.05, 4.69) is 97.1 Å². The molecule has 0 aliphatic heterocycles. The molecular weight excluding hydrogens is 1360 g/mol. The van der Waals surface area contributed by atoms with Gasteiger partial charge in [0.1, 0.15) is 69.0 Å². The van der Waals surface area contributed by atoms with Crippen LogP contribution < -0.4 is 41.9 Å². The second kappa shape index (κ2) is 23.5. The molecule has 568 valence electrons. The Balaban J connectivity index is 0.644. The highest BCUT2D eigenvalue weighted by Crippen LogP contribution is 2.76. The Labute approximate surface area is 647 Å². The molecule has 20 aliphatic carbocycles. The van der Waals surface area contributed by atoms with Crippen LogP contribution in [0.15, 0.2) is 146 Å². The number of benzene rings is 8. The molecule has 8 aromatic rings. The van der Waals surface area contributed by atoms with Gasteiger partial charge in [0.05, 0.1) is 22.7 Å². The molecule has 8 aromatic carbocycles. The summed E-state index contributed by atoms with van der Waals surface area (Å²) in [6, 6.07) is 52.0. The number of aromatic hydroxyl groups is 4.